The fraction of sp³-hybridized carbons (Fsp3) is 0.0870. The zero-order valence-corrected chi connectivity index (χ0v) is 17.5. The van der Waals surface area contributed by atoms with Crippen molar-refractivity contribution in [3.8, 4) is 28.6 Å². The topological polar surface area (TPSA) is 95.3 Å². The lowest BCUT2D eigenvalue weighted by Crippen LogP contribution is -2.48. The zero-order chi connectivity index (χ0) is 24.5. The lowest BCUT2D eigenvalue weighted by Gasteiger charge is -2.13. The van der Waals surface area contributed by atoms with Crippen molar-refractivity contribution in [1.82, 2.24) is 14.1 Å². The number of aromatic amines is 1. The second kappa shape index (κ2) is 8.77. The minimum Gasteiger partial charge on any atom is -0.457 e. The van der Waals surface area contributed by atoms with Crippen LogP contribution < -0.4 is 26.5 Å². The second-order valence-electron chi connectivity index (χ2n) is 7.10. The highest BCUT2D eigenvalue weighted by Gasteiger charge is 2.31. The monoisotopic (exact) mass is 471 g/mol. The van der Waals surface area contributed by atoms with Crippen LogP contribution in [0.5, 0.6) is 17.2 Å². The molecule has 0 spiro atoms. The molecule has 34 heavy (non-hydrogen) atoms. The van der Waals surface area contributed by atoms with Gasteiger partial charge >= 0.3 is 23.4 Å². The van der Waals surface area contributed by atoms with Crippen molar-refractivity contribution in [2.24, 2.45) is 0 Å². The first-order valence-corrected chi connectivity index (χ1v) is 9.81. The maximum atomic E-state index is 13.1. The molecule has 0 radical (unpaired) electrons. The lowest BCUT2D eigenvalue weighted by atomic mass is 10.2. The van der Waals surface area contributed by atoms with Crippen LogP contribution in [0.25, 0.3) is 11.4 Å². The molecule has 0 atom stereocenters. The highest BCUT2D eigenvalue weighted by Crippen LogP contribution is 2.26. The van der Waals surface area contributed by atoms with Crippen molar-refractivity contribution in [2.75, 3.05) is 0 Å². The van der Waals surface area contributed by atoms with E-state index in [1.807, 2.05) is 11.1 Å². The summed E-state index contributed by atoms with van der Waals surface area (Å²) in [6.45, 7) is 1.70. The van der Waals surface area contributed by atoms with Gasteiger partial charge in [-0.2, -0.15) is 0 Å². The fourth-order valence-electron chi connectivity index (χ4n) is 3.25. The third-order valence-corrected chi connectivity index (χ3v) is 4.70. The van der Waals surface area contributed by atoms with E-state index in [1.165, 1.54) is 24.3 Å². The molecule has 1 N–H and O–H groups in total. The normalized spacial score (nSPS) is 11.3. The molecular formula is C23H16F3N3O5. The molecule has 0 fully saturated rings. The first-order chi connectivity index (χ1) is 16.1. The summed E-state index contributed by atoms with van der Waals surface area (Å²) in [5, 5.41) is 0. The summed E-state index contributed by atoms with van der Waals surface area (Å²) < 4.78 is 48.6. The summed E-state index contributed by atoms with van der Waals surface area (Å²) in [5.41, 5.74) is -2.70. The molecule has 0 saturated heterocycles. The molecule has 174 valence electrons. The van der Waals surface area contributed by atoms with Crippen molar-refractivity contribution in [3.63, 3.8) is 0 Å². The molecule has 4 rings (SSSR count). The molecular weight excluding hydrogens is 455 g/mol. The van der Waals surface area contributed by atoms with Gasteiger partial charge in [-0.1, -0.05) is 24.3 Å². The van der Waals surface area contributed by atoms with E-state index in [0.29, 0.717) is 26.2 Å². The number of aromatic nitrogens is 3. The number of H-pyrrole nitrogens is 1. The summed E-state index contributed by atoms with van der Waals surface area (Å²) in [4.78, 5) is 40.0. The van der Waals surface area contributed by atoms with Gasteiger partial charge < -0.3 is 9.47 Å². The Morgan fingerprint density at radius 3 is 2.00 bits per heavy atom. The van der Waals surface area contributed by atoms with Crippen molar-refractivity contribution < 1.29 is 22.6 Å². The molecule has 0 aliphatic heterocycles. The molecule has 0 aliphatic carbocycles. The highest BCUT2D eigenvalue weighted by atomic mass is 19.4. The van der Waals surface area contributed by atoms with Crippen LogP contribution in [0.15, 0.2) is 87.2 Å². The summed E-state index contributed by atoms with van der Waals surface area (Å²) in [5.74, 6) is 0.430. The number of rotatable bonds is 5. The second-order valence-corrected chi connectivity index (χ2v) is 7.10. The van der Waals surface area contributed by atoms with Crippen molar-refractivity contribution in [2.45, 2.75) is 13.3 Å². The maximum Gasteiger partial charge on any atom is 0.573 e. The number of benzene rings is 3. The van der Waals surface area contributed by atoms with E-state index in [1.54, 1.807) is 37.3 Å². The van der Waals surface area contributed by atoms with Crippen LogP contribution in [0.3, 0.4) is 0 Å². The van der Waals surface area contributed by atoms with Gasteiger partial charge in [0.25, 0.3) is 0 Å². The number of aryl methyl sites for hydroxylation is 1. The predicted molar refractivity (Wildman–Crippen MR) is 116 cm³/mol. The van der Waals surface area contributed by atoms with E-state index >= 15 is 0 Å². The Morgan fingerprint density at radius 2 is 1.38 bits per heavy atom. The summed E-state index contributed by atoms with van der Waals surface area (Å²) in [6, 6.07) is 17.7. The average molecular weight is 471 g/mol. The van der Waals surface area contributed by atoms with E-state index < -0.39 is 29.2 Å². The minimum absolute atomic E-state index is 0.126. The van der Waals surface area contributed by atoms with Gasteiger partial charge in [-0.15, -0.1) is 13.2 Å². The van der Waals surface area contributed by atoms with Crippen LogP contribution >= 0.6 is 0 Å². The number of nitrogens with one attached hydrogen (secondary N) is 1. The van der Waals surface area contributed by atoms with Gasteiger partial charge in [0.2, 0.25) is 0 Å². The largest absolute Gasteiger partial charge is 0.573 e. The third-order valence-electron chi connectivity index (χ3n) is 4.70. The molecule has 8 nitrogen and oxygen atoms in total. The lowest BCUT2D eigenvalue weighted by molar-refractivity contribution is -0.274. The van der Waals surface area contributed by atoms with E-state index in [-0.39, 0.29) is 11.4 Å². The van der Waals surface area contributed by atoms with Crippen LogP contribution in [-0.4, -0.2) is 20.5 Å². The van der Waals surface area contributed by atoms with Crippen molar-refractivity contribution >= 4 is 0 Å². The van der Waals surface area contributed by atoms with Gasteiger partial charge in [0, 0.05) is 6.07 Å². The predicted octanol–water partition coefficient (Wildman–Crippen LogP) is 3.68. The number of hydrogen-bond donors (Lipinski definition) is 1. The van der Waals surface area contributed by atoms with Crippen molar-refractivity contribution in [1.29, 1.82) is 0 Å². The molecule has 3 aromatic carbocycles. The number of ether oxygens (including phenoxy) is 2. The van der Waals surface area contributed by atoms with Gasteiger partial charge in [-0.25, -0.2) is 23.5 Å². The number of nitrogens with zero attached hydrogens (tertiary/aromatic N) is 2. The smallest absolute Gasteiger partial charge is 0.457 e. The highest BCUT2D eigenvalue weighted by molar-refractivity contribution is 5.46. The summed E-state index contributed by atoms with van der Waals surface area (Å²) in [6.07, 6.45) is -4.96. The molecule has 0 aliphatic rings. The van der Waals surface area contributed by atoms with Gasteiger partial charge in [-0.05, 0) is 55.0 Å². The molecule has 1 aromatic heterocycles. The van der Waals surface area contributed by atoms with Crippen molar-refractivity contribution in [3.05, 3.63) is 110 Å². The van der Waals surface area contributed by atoms with Crippen LogP contribution in [0, 0.1) is 6.92 Å². The Morgan fingerprint density at radius 1 is 0.765 bits per heavy atom. The molecule has 0 amide bonds. The molecule has 0 saturated carbocycles. The standard InChI is InChI=1S/C23H16F3N3O5/c1-14-12-16(10-11-19(14)33-17-7-3-2-4-8-17)29-21(31)27-20(30)28(22(29)32)15-6-5-9-18(13-15)34-23(24,25)26/h2-13H,1H3,(H,27,30,31). The van der Waals surface area contributed by atoms with Gasteiger partial charge in [-0.3, -0.25) is 4.98 Å². The van der Waals surface area contributed by atoms with Gasteiger partial charge in [0.1, 0.15) is 17.2 Å². The van der Waals surface area contributed by atoms with Gasteiger partial charge in [0.05, 0.1) is 11.4 Å². The van der Waals surface area contributed by atoms with E-state index in [9.17, 15) is 27.6 Å². The van der Waals surface area contributed by atoms with E-state index in [0.717, 1.165) is 12.1 Å². The van der Waals surface area contributed by atoms with E-state index in [4.69, 9.17) is 4.74 Å². The number of para-hydroxylation sites is 1. The zero-order valence-electron chi connectivity index (χ0n) is 17.5. The quantitative estimate of drug-likeness (QED) is 0.479. The first kappa shape index (κ1) is 22.6. The van der Waals surface area contributed by atoms with Crippen LogP contribution in [0.2, 0.25) is 0 Å². The SMILES string of the molecule is Cc1cc(-n2c(=O)[nH]c(=O)n(-c3cccc(OC(F)(F)F)c3)c2=O)ccc1Oc1ccccc1. The molecule has 0 unspecified atom stereocenters. The van der Waals surface area contributed by atoms with Crippen LogP contribution in [0.1, 0.15) is 5.56 Å². The Hall–Kier alpha value is -4.54. The summed E-state index contributed by atoms with van der Waals surface area (Å²) >= 11 is 0. The molecule has 4 aromatic rings. The third kappa shape index (κ3) is 4.77. The number of alkyl halides is 3. The minimum atomic E-state index is -4.96. The maximum absolute atomic E-state index is 13.1. The molecule has 1 heterocycles. The first-order valence-electron chi connectivity index (χ1n) is 9.81. The fourth-order valence-corrected chi connectivity index (χ4v) is 3.25. The Balaban J connectivity index is 1.78. The van der Waals surface area contributed by atoms with Crippen LogP contribution in [0.4, 0.5) is 13.2 Å². The number of hydrogen-bond acceptors (Lipinski definition) is 5. The number of halogens is 3. The Bertz CT molecular complexity index is 1520. The van der Waals surface area contributed by atoms with Gasteiger partial charge in [0.15, 0.2) is 0 Å². The Labute approximate surface area is 189 Å². The molecule has 0 bridgehead atoms. The molecule has 11 heteroatoms. The average Bonchev–Trinajstić information content (AvgIpc) is 2.75. The Kier molecular flexibility index (Phi) is 5.84. The van der Waals surface area contributed by atoms with E-state index in [2.05, 4.69) is 4.74 Å². The summed E-state index contributed by atoms with van der Waals surface area (Å²) in [7, 11) is 0. The van der Waals surface area contributed by atoms with Crippen LogP contribution in [-0.2, 0) is 0 Å².